The molecule has 2 heterocycles. The van der Waals surface area contributed by atoms with Gasteiger partial charge < -0.3 is 4.90 Å². The zero-order valence-electron chi connectivity index (χ0n) is 19.2. The molecule has 33 heavy (non-hydrogen) atoms. The Labute approximate surface area is 196 Å². The molecule has 4 rings (SSSR count). The number of carbonyl (C=O) groups excluding carboxylic acids is 2. The van der Waals surface area contributed by atoms with Crippen molar-refractivity contribution in [3.63, 3.8) is 0 Å². The van der Waals surface area contributed by atoms with Gasteiger partial charge in [-0.3, -0.25) is 24.6 Å². The highest BCUT2D eigenvalue weighted by Gasteiger charge is 2.35. The number of amides is 2. The van der Waals surface area contributed by atoms with E-state index in [0.717, 1.165) is 39.0 Å². The van der Waals surface area contributed by atoms with Gasteiger partial charge in [-0.05, 0) is 79.9 Å². The van der Waals surface area contributed by atoms with Crippen LogP contribution in [0.4, 0.5) is 16.2 Å². The number of likely N-dealkylation sites (N-methyl/N-ethyl adjacent to an activating group) is 1. The summed E-state index contributed by atoms with van der Waals surface area (Å²) in [4.78, 5) is 39.8. The predicted octanol–water partition coefficient (Wildman–Crippen LogP) is 5.77. The van der Waals surface area contributed by atoms with Crippen molar-refractivity contribution in [2.24, 2.45) is 0 Å². The average molecular weight is 464 g/mol. The molecule has 0 saturated carbocycles. The number of nitrogens with zero attached hydrogens (tertiary/aromatic N) is 3. The van der Waals surface area contributed by atoms with Crippen LogP contribution in [0.25, 0.3) is 11.6 Å². The smallest absolute Gasteiger partial charge is 0.293 e. The van der Waals surface area contributed by atoms with Crippen LogP contribution in [-0.4, -0.2) is 33.6 Å². The Bertz CT molecular complexity index is 1260. The minimum atomic E-state index is -0.495. The van der Waals surface area contributed by atoms with Crippen molar-refractivity contribution >= 4 is 45.9 Å². The van der Waals surface area contributed by atoms with Crippen LogP contribution in [0.5, 0.6) is 0 Å². The van der Waals surface area contributed by atoms with Crippen LogP contribution < -0.4 is 4.90 Å². The van der Waals surface area contributed by atoms with E-state index in [0.29, 0.717) is 10.5 Å². The molecule has 0 spiro atoms. The zero-order valence-corrected chi connectivity index (χ0v) is 20.0. The van der Waals surface area contributed by atoms with Crippen LogP contribution in [-0.2, 0) is 11.3 Å². The second-order valence-corrected chi connectivity index (χ2v) is 9.95. The summed E-state index contributed by atoms with van der Waals surface area (Å²) >= 11 is 0.893. The first-order chi connectivity index (χ1) is 15.5. The maximum Gasteiger partial charge on any atom is 0.293 e. The Morgan fingerprint density at radius 1 is 1.15 bits per heavy atom. The number of anilines is 1. The van der Waals surface area contributed by atoms with Gasteiger partial charge in [-0.2, -0.15) is 0 Å². The van der Waals surface area contributed by atoms with E-state index in [1.165, 1.54) is 17.7 Å². The number of hydrogen-bond acceptors (Lipinski definition) is 6. The normalized spacial score (nSPS) is 18.6. The molecule has 2 aromatic carbocycles. The van der Waals surface area contributed by atoms with Gasteiger partial charge in [0.1, 0.15) is 0 Å². The lowest BCUT2D eigenvalue weighted by molar-refractivity contribution is -0.384. The van der Waals surface area contributed by atoms with Gasteiger partial charge in [-0.25, -0.2) is 0 Å². The molecule has 0 radical (unpaired) electrons. The Balaban J connectivity index is 1.64. The molecular formula is C25H25N3O4S. The van der Waals surface area contributed by atoms with Crippen molar-refractivity contribution in [2.75, 3.05) is 11.9 Å². The fraction of sp³-hybridized carbons (Fsp3) is 0.280. The Kier molecular flexibility index (Phi) is 5.66. The molecule has 0 aromatic heterocycles. The average Bonchev–Trinajstić information content (AvgIpc) is 3.00. The molecule has 2 aliphatic rings. The number of hydrogen-bond donors (Lipinski definition) is 0. The number of thioether (sulfide) groups is 1. The summed E-state index contributed by atoms with van der Waals surface area (Å²) in [5.74, 6) is -0.390. The van der Waals surface area contributed by atoms with E-state index < -0.39 is 4.92 Å². The van der Waals surface area contributed by atoms with E-state index in [2.05, 4.69) is 50.9 Å². The van der Waals surface area contributed by atoms with Gasteiger partial charge >= 0.3 is 0 Å². The summed E-state index contributed by atoms with van der Waals surface area (Å²) in [6, 6.07) is 10.2. The summed E-state index contributed by atoms with van der Waals surface area (Å²) in [5.41, 5.74) is 5.66. The number of carbonyl (C=O) groups is 2. The molecule has 0 aliphatic carbocycles. The summed E-state index contributed by atoms with van der Waals surface area (Å²) in [6.07, 6.45) is 3.99. The number of nitro groups is 1. The predicted molar refractivity (Wildman–Crippen MR) is 132 cm³/mol. The number of fused-ring (bicyclic) bond motifs is 1. The van der Waals surface area contributed by atoms with E-state index in [-0.39, 0.29) is 28.9 Å². The molecule has 2 amide bonds. The Hall–Kier alpha value is -3.39. The number of benzene rings is 2. The maximum atomic E-state index is 13.0. The summed E-state index contributed by atoms with van der Waals surface area (Å²) in [6.45, 7) is 8.41. The number of rotatable bonds is 4. The molecule has 0 bridgehead atoms. The second kappa shape index (κ2) is 8.19. The zero-order chi connectivity index (χ0) is 24.1. The Morgan fingerprint density at radius 3 is 2.58 bits per heavy atom. The van der Waals surface area contributed by atoms with Crippen molar-refractivity contribution in [1.82, 2.24) is 4.90 Å². The SMILES string of the molecule is CC1=CC(C)(C)N(C)c2cc(C)c(/C=C3/SC(=O)N(Cc4cccc([N+](=O)[O-])c4)C3=O)cc21. The third-order valence-electron chi connectivity index (χ3n) is 6.23. The number of non-ortho nitro benzene ring substituents is 1. The highest BCUT2D eigenvalue weighted by molar-refractivity contribution is 8.18. The fourth-order valence-electron chi connectivity index (χ4n) is 4.20. The maximum absolute atomic E-state index is 13.0. The van der Waals surface area contributed by atoms with Gasteiger partial charge in [-0.15, -0.1) is 0 Å². The van der Waals surface area contributed by atoms with Gasteiger partial charge in [-0.1, -0.05) is 18.2 Å². The number of nitro benzene ring substituents is 1. The molecular weight excluding hydrogens is 438 g/mol. The molecule has 0 N–H and O–H groups in total. The standard InChI is InChI=1S/C25H25N3O4S/c1-15-9-21-20(16(2)13-25(3,4)26(21)5)11-18(15)12-22-23(29)27(24(30)33-22)14-17-7-6-8-19(10-17)28(31)32/h6-13H,14H2,1-5H3/b22-12+. The van der Waals surface area contributed by atoms with Crippen LogP contribution in [0.3, 0.4) is 0 Å². The van der Waals surface area contributed by atoms with E-state index in [9.17, 15) is 19.7 Å². The molecule has 1 saturated heterocycles. The fourth-order valence-corrected chi connectivity index (χ4v) is 5.03. The molecule has 2 aromatic rings. The van der Waals surface area contributed by atoms with Crippen LogP contribution in [0, 0.1) is 17.0 Å². The largest absolute Gasteiger partial charge is 0.365 e. The molecule has 7 nitrogen and oxygen atoms in total. The van der Waals surface area contributed by atoms with Gasteiger partial charge in [0.2, 0.25) is 0 Å². The highest BCUT2D eigenvalue weighted by Crippen LogP contribution is 2.41. The summed E-state index contributed by atoms with van der Waals surface area (Å²) < 4.78 is 0. The summed E-state index contributed by atoms with van der Waals surface area (Å²) in [5, 5.41) is 10.6. The molecule has 2 aliphatic heterocycles. The lowest BCUT2D eigenvalue weighted by Gasteiger charge is -2.41. The second-order valence-electron chi connectivity index (χ2n) is 8.96. The van der Waals surface area contributed by atoms with Crippen molar-refractivity contribution in [3.05, 3.63) is 79.7 Å². The molecule has 0 atom stereocenters. The molecule has 1 fully saturated rings. The minimum Gasteiger partial charge on any atom is -0.365 e. The first-order valence-corrected chi connectivity index (χ1v) is 11.4. The molecule has 8 heteroatoms. The first kappa shape index (κ1) is 22.8. The third kappa shape index (κ3) is 4.18. The van der Waals surface area contributed by atoms with Crippen LogP contribution >= 0.6 is 11.8 Å². The van der Waals surface area contributed by atoms with Gasteiger partial charge in [0.05, 0.1) is 21.9 Å². The number of aryl methyl sites for hydroxylation is 1. The topological polar surface area (TPSA) is 83.8 Å². The minimum absolute atomic E-state index is 0.00538. The van der Waals surface area contributed by atoms with Crippen molar-refractivity contribution in [2.45, 2.75) is 39.8 Å². The van der Waals surface area contributed by atoms with E-state index >= 15 is 0 Å². The number of allylic oxidation sites excluding steroid dienone is 1. The van der Waals surface area contributed by atoms with Crippen molar-refractivity contribution in [3.8, 4) is 0 Å². The summed E-state index contributed by atoms with van der Waals surface area (Å²) in [7, 11) is 2.07. The highest BCUT2D eigenvalue weighted by atomic mass is 32.2. The third-order valence-corrected chi connectivity index (χ3v) is 7.13. The van der Waals surface area contributed by atoms with Gasteiger partial charge in [0, 0.05) is 30.4 Å². The van der Waals surface area contributed by atoms with Crippen LogP contribution in [0.15, 0.2) is 47.4 Å². The van der Waals surface area contributed by atoms with E-state index in [4.69, 9.17) is 0 Å². The van der Waals surface area contributed by atoms with Crippen molar-refractivity contribution < 1.29 is 14.5 Å². The molecule has 170 valence electrons. The quantitative estimate of drug-likeness (QED) is 0.325. The van der Waals surface area contributed by atoms with Gasteiger partial charge in [0.25, 0.3) is 16.8 Å². The van der Waals surface area contributed by atoms with Crippen LogP contribution in [0.2, 0.25) is 0 Å². The van der Waals surface area contributed by atoms with E-state index in [1.807, 2.05) is 6.92 Å². The lowest BCUT2D eigenvalue weighted by atomic mass is 9.87. The monoisotopic (exact) mass is 463 g/mol. The number of imide groups is 1. The van der Waals surface area contributed by atoms with E-state index in [1.54, 1.807) is 18.2 Å². The van der Waals surface area contributed by atoms with Gasteiger partial charge in [0.15, 0.2) is 0 Å². The first-order valence-electron chi connectivity index (χ1n) is 10.5. The Morgan fingerprint density at radius 2 is 1.88 bits per heavy atom. The van der Waals surface area contributed by atoms with Crippen molar-refractivity contribution in [1.29, 1.82) is 0 Å². The molecule has 0 unspecified atom stereocenters. The lowest BCUT2D eigenvalue weighted by Crippen LogP contribution is -2.42. The van der Waals surface area contributed by atoms with Crippen LogP contribution in [0.1, 0.15) is 43.0 Å².